The normalized spacial score (nSPS) is 13.6. The second-order valence-corrected chi connectivity index (χ2v) is 9.79. The van der Waals surface area contributed by atoms with E-state index >= 15 is 0 Å². The van der Waals surface area contributed by atoms with E-state index in [1.54, 1.807) is 42.6 Å². The number of aromatic nitrogens is 1. The number of anilines is 1. The minimum absolute atomic E-state index is 0.0260. The molecule has 0 bridgehead atoms. The number of hydrogen-bond acceptors (Lipinski definition) is 6. The number of methoxy groups -OCH3 is 2. The summed E-state index contributed by atoms with van der Waals surface area (Å²) in [6, 6.07) is 10.5. The number of likely N-dealkylation sites (tertiary alicyclic amines) is 1. The first-order valence-corrected chi connectivity index (χ1v) is 13.0. The van der Waals surface area contributed by atoms with Crippen LogP contribution < -0.4 is 20.3 Å². The molecule has 38 heavy (non-hydrogen) atoms. The van der Waals surface area contributed by atoms with Crippen molar-refractivity contribution in [3.63, 3.8) is 0 Å². The maximum atomic E-state index is 13.8. The standard InChI is InChI=1S/C29H36N4O5/c1-31(2)14-9-12-25(34)30-27-22-13-17-33(29(36)26(22)23(37-3)19-24(27)38-4)21-11-8-10-20(18-21)28(35)32-15-6-5-7-16-32/h8,10-11,13,17-19H,5-7,9,12,14-16H2,1-4H3,(H,30,34). The molecule has 1 fully saturated rings. The molecule has 0 atom stereocenters. The van der Waals surface area contributed by atoms with E-state index in [2.05, 4.69) is 5.32 Å². The van der Waals surface area contributed by atoms with E-state index in [1.807, 2.05) is 23.9 Å². The lowest BCUT2D eigenvalue weighted by Crippen LogP contribution is -2.35. The smallest absolute Gasteiger partial charge is 0.266 e. The van der Waals surface area contributed by atoms with E-state index in [4.69, 9.17) is 9.47 Å². The molecule has 0 radical (unpaired) electrons. The van der Waals surface area contributed by atoms with Gasteiger partial charge in [-0.1, -0.05) is 6.07 Å². The van der Waals surface area contributed by atoms with E-state index < -0.39 is 0 Å². The molecular formula is C29H36N4O5. The molecular weight excluding hydrogens is 484 g/mol. The van der Waals surface area contributed by atoms with Crippen molar-refractivity contribution in [2.24, 2.45) is 0 Å². The number of amides is 2. The third kappa shape index (κ3) is 5.83. The third-order valence-corrected chi connectivity index (χ3v) is 6.84. The van der Waals surface area contributed by atoms with Crippen molar-refractivity contribution in [2.45, 2.75) is 32.1 Å². The Hall–Kier alpha value is -3.85. The Morgan fingerprint density at radius 1 is 1.00 bits per heavy atom. The topological polar surface area (TPSA) is 93.1 Å². The van der Waals surface area contributed by atoms with E-state index in [9.17, 15) is 14.4 Å². The van der Waals surface area contributed by atoms with E-state index in [1.165, 1.54) is 18.8 Å². The van der Waals surface area contributed by atoms with Gasteiger partial charge in [-0.2, -0.15) is 0 Å². The van der Waals surface area contributed by atoms with Gasteiger partial charge in [0.2, 0.25) is 5.91 Å². The Balaban J connectivity index is 1.74. The van der Waals surface area contributed by atoms with E-state index in [0.717, 1.165) is 38.9 Å². The van der Waals surface area contributed by atoms with Crippen LogP contribution in [0.25, 0.3) is 16.5 Å². The third-order valence-electron chi connectivity index (χ3n) is 6.84. The molecule has 1 aromatic heterocycles. The quantitative estimate of drug-likeness (QED) is 0.460. The van der Waals surface area contributed by atoms with Crippen molar-refractivity contribution in [2.75, 3.05) is 53.3 Å². The van der Waals surface area contributed by atoms with Gasteiger partial charge in [0, 0.05) is 48.4 Å². The molecule has 2 aromatic carbocycles. The second kappa shape index (κ2) is 12.1. The van der Waals surface area contributed by atoms with Gasteiger partial charge in [0.1, 0.15) is 11.5 Å². The molecule has 9 nitrogen and oxygen atoms in total. The molecule has 3 aromatic rings. The summed E-state index contributed by atoms with van der Waals surface area (Å²) in [5.74, 6) is 0.552. The Morgan fingerprint density at radius 3 is 2.42 bits per heavy atom. The minimum Gasteiger partial charge on any atom is -0.496 e. The van der Waals surface area contributed by atoms with E-state index in [0.29, 0.717) is 52.1 Å². The van der Waals surface area contributed by atoms with Crippen LogP contribution in [-0.4, -0.2) is 74.1 Å². The number of carbonyl (C=O) groups excluding carboxylic acids is 2. The highest BCUT2D eigenvalue weighted by Gasteiger charge is 2.21. The molecule has 2 heterocycles. The van der Waals surface area contributed by atoms with Crippen LogP contribution in [0.5, 0.6) is 11.5 Å². The molecule has 2 amide bonds. The number of ether oxygens (including phenoxy) is 2. The molecule has 0 unspecified atom stereocenters. The van der Waals surface area contributed by atoms with Crippen molar-refractivity contribution >= 4 is 28.3 Å². The highest BCUT2D eigenvalue weighted by atomic mass is 16.5. The molecule has 0 spiro atoms. The number of rotatable bonds is 9. The predicted octanol–water partition coefficient (Wildman–Crippen LogP) is 3.91. The van der Waals surface area contributed by atoms with Crippen molar-refractivity contribution in [3.8, 4) is 17.2 Å². The Kier molecular flexibility index (Phi) is 8.68. The zero-order valence-corrected chi connectivity index (χ0v) is 22.6. The number of hydrogen-bond donors (Lipinski definition) is 1. The molecule has 4 rings (SSSR count). The average molecular weight is 521 g/mol. The number of piperidine rings is 1. The number of pyridine rings is 1. The van der Waals surface area contributed by atoms with Crippen LogP contribution >= 0.6 is 0 Å². The summed E-state index contributed by atoms with van der Waals surface area (Å²) in [7, 11) is 6.92. The summed E-state index contributed by atoms with van der Waals surface area (Å²) in [6.45, 7) is 2.29. The van der Waals surface area contributed by atoms with Gasteiger partial charge in [-0.05, 0) is 70.6 Å². The highest BCUT2D eigenvalue weighted by Crippen LogP contribution is 2.38. The number of nitrogens with one attached hydrogen (secondary N) is 1. The van der Waals surface area contributed by atoms with E-state index in [-0.39, 0.29) is 17.4 Å². The average Bonchev–Trinajstić information content (AvgIpc) is 2.93. The first-order chi connectivity index (χ1) is 18.3. The Morgan fingerprint density at radius 2 is 1.74 bits per heavy atom. The summed E-state index contributed by atoms with van der Waals surface area (Å²) < 4.78 is 12.6. The fourth-order valence-electron chi connectivity index (χ4n) is 4.86. The molecule has 9 heteroatoms. The van der Waals surface area contributed by atoms with Gasteiger partial charge in [0.25, 0.3) is 11.5 Å². The summed E-state index contributed by atoms with van der Waals surface area (Å²) in [5, 5.41) is 3.77. The van der Waals surface area contributed by atoms with Crippen LogP contribution in [-0.2, 0) is 4.79 Å². The molecule has 0 saturated carbocycles. The summed E-state index contributed by atoms with van der Waals surface area (Å²) in [5.41, 5.74) is 1.22. The van der Waals surface area contributed by atoms with Crippen LogP contribution in [0.2, 0.25) is 0 Å². The molecule has 0 aliphatic carbocycles. The first kappa shape index (κ1) is 27.2. The van der Waals surface area contributed by atoms with Crippen molar-refractivity contribution in [1.82, 2.24) is 14.4 Å². The van der Waals surface area contributed by atoms with Crippen molar-refractivity contribution in [3.05, 3.63) is 58.5 Å². The summed E-state index contributed by atoms with van der Waals surface area (Å²) in [4.78, 5) is 43.5. The summed E-state index contributed by atoms with van der Waals surface area (Å²) in [6.07, 6.45) is 5.84. The van der Waals surface area contributed by atoms with Crippen molar-refractivity contribution < 1.29 is 19.1 Å². The molecule has 1 aliphatic rings. The number of nitrogens with zero attached hydrogens (tertiary/aromatic N) is 3. The Bertz CT molecular complexity index is 1380. The Labute approximate surface area is 222 Å². The number of benzene rings is 2. The van der Waals surface area contributed by atoms with Crippen LogP contribution in [0.4, 0.5) is 5.69 Å². The van der Waals surface area contributed by atoms with Gasteiger partial charge in [-0.15, -0.1) is 0 Å². The monoisotopic (exact) mass is 520 g/mol. The van der Waals surface area contributed by atoms with Gasteiger partial charge in [0.15, 0.2) is 0 Å². The number of fused-ring (bicyclic) bond motifs is 1. The summed E-state index contributed by atoms with van der Waals surface area (Å²) >= 11 is 0. The zero-order chi connectivity index (χ0) is 27.2. The molecule has 1 aliphatic heterocycles. The SMILES string of the molecule is COc1cc(OC)c2c(=O)n(-c3cccc(C(=O)N4CCCCC4)c3)ccc2c1NC(=O)CCCN(C)C. The van der Waals surface area contributed by atoms with Crippen LogP contribution in [0.15, 0.2) is 47.4 Å². The molecule has 202 valence electrons. The van der Waals surface area contributed by atoms with Crippen molar-refractivity contribution in [1.29, 1.82) is 0 Å². The first-order valence-electron chi connectivity index (χ1n) is 13.0. The second-order valence-electron chi connectivity index (χ2n) is 9.79. The van der Waals surface area contributed by atoms with Gasteiger partial charge < -0.3 is 24.6 Å². The molecule has 1 N–H and O–H groups in total. The van der Waals surface area contributed by atoms with Gasteiger partial charge in [-0.3, -0.25) is 19.0 Å². The van der Waals surface area contributed by atoms with Gasteiger partial charge in [0.05, 0.1) is 25.3 Å². The highest BCUT2D eigenvalue weighted by molar-refractivity contribution is 6.06. The van der Waals surface area contributed by atoms with Crippen LogP contribution in [0, 0.1) is 0 Å². The lowest BCUT2D eigenvalue weighted by atomic mass is 10.1. The lowest BCUT2D eigenvalue weighted by molar-refractivity contribution is -0.116. The number of carbonyl (C=O) groups is 2. The maximum absolute atomic E-state index is 13.8. The van der Waals surface area contributed by atoms with Crippen LogP contribution in [0.1, 0.15) is 42.5 Å². The maximum Gasteiger partial charge on any atom is 0.266 e. The van der Waals surface area contributed by atoms with Crippen LogP contribution in [0.3, 0.4) is 0 Å². The largest absolute Gasteiger partial charge is 0.496 e. The lowest BCUT2D eigenvalue weighted by Gasteiger charge is -2.26. The van der Waals surface area contributed by atoms with Gasteiger partial charge in [-0.25, -0.2) is 0 Å². The molecule has 1 saturated heterocycles. The zero-order valence-electron chi connectivity index (χ0n) is 22.6. The predicted molar refractivity (Wildman–Crippen MR) is 149 cm³/mol. The minimum atomic E-state index is -0.326. The fourth-order valence-corrected chi connectivity index (χ4v) is 4.86. The van der Waals surface area contributed by atoms with Gasteiger partial charge >= 0.3 is 0 Å². The fraction of sp³-hybridized carbons (Fsp3) is 0.414.